The Morgan fingerprint density at radius 1 is 1.39 bits per heavy atom. The van der Waals surface area contributed by atoms with Gasteiger partial charge in [-0.1, -0.05) is 19.1 Å². The molecule has 1 N–H and O–H groups in total. The molecule has 0 radical (unpaired) electrons. The minimum Gasteiger partial charge on any atom is -0.494 e. The van der Waals surface area contributed by atoms with Gasteiger partial charge < -0.3 is 10.1 Å². The summed E-state index contributed by atoms with van der Waals surface area (Å²) in [5.41, 5.74) is 1.22. The van der Waals surface area contributed by atoms with Crippen molar-refractivity contribution in [2.75, 3.05) is 25.2 Å². The van der Waals surface area contributed by atoms with Gasteiger partial charge in [0.05, 0.1) is 6.61 Å². The molecule has 1 aromatic carbocycles. The minimum absolute atomic E-state index is 0.681. The van der Waals surface area contributed by atoms with E-state index in [1.807, 2.05) is 12.1 Å². The maximum atomic E-state index is 10.9. The molecule has 0 amide bonds. The highest BCUT2D eigenvalue weighted by Gasteiger charge is 1.97. The molecular formula is C14H23NO2S. The van der Waals surface area contributed by atoms with Gasteiger partial charge in [-0.05, 0) is 37.1 Å². The molecule has 0 saturated carbocycles. The van der Waals surface area contributed by atoms with E-state index < -0.39 is 10.8 Å². The van der Waals surface area contributed by atoms with Crippen LogP contribution in [-0.2, 0) is 17.3 Å². The van der Waals surface area contributed by atoms with Crippen LogP contribution in [0.15, 0.2) is 24.3 Å². The van der Waals surface area contributed by atoms with Crippen LogP contribution in [0.25, 0.3) is 0 Å². The molecule has 0 bridgehead atoms. The van der Waals surface area contributed by atoms with E-state index in [0.29, 0.717) is 0 Å². The minimum atomic E-state index is -0.681. The highest BCUT2D eigenvalue weighted by molar-refractivity contribution is 7.84. The zero-order valence-corrected chi connectivity index (χ0v) is 12.1. The van der Waals surface area contributed by atoms with Crippen LogP contribution in [0, 0.1) is 0 Å². The predicted octanol–water partition coefficient (Wildman–Crippen LogP) is 2.33. The average Bonchev–Trinajstić information content (AvgIpc) is 2.36. The fourth-order valence-corrected chi connectivity index (χ4v) is 2.15. The first-order valence-electron chi connectivity index (χ1n) is 6.45. The lowest BCUT2D eigenvalue weighted by molar-refractivity contribution is 0.317. The van der Waals surface area contributed by atoms with Crippen LogP contribution < -0.4 is 10.1 Å². The summed E-state index contributed by atoms with van der Waals surface area (Å²) < 4.78 is 16.5. The molecule has 0 saturated heterocycles. The monoisotopic (exact) mass is 269 g/mol. The molecule has 0 fully saturated rings. The summed E-state index contributed by atoms with van der Waals surface area (Å²) in [6, 6.07) is 8.16. The Morgan fingerprint density at radius 2 is 2.22 bits per heavy atom. The largest absolute Gasteiger partial charge is 0.494 e. The highest BCUT2D eigenvalue weighted by Crippen LogP contribution is 2.13. The first-order chi connectivity index (χ1) is 8.72. The van der Waals surface area contributed by atoms with Crippen molar-refractivity contribution in [3.05, 3.63) is 29.8 Å². The number of rotatable bonds is 9. The van der Waals surface area contributed by atoms with Crippen molar-refractivity contribution in [3.8, 4) is 5.75 Å². The lowest BCUT2D eigenvalue weighted by atomic mass is 10.2. The standard InChI is InChI=1S/C14H23NO2S/c1-3-9-17-14-7-4-6-13(11-14)12-15-8-5-10-18(2)16/h4,6-7,11,15H,3,5,8-10,12H2,1-2H3. The number of ether oxygens (including phenoxy) is 1. The van der Waals surface area contributed by atoms with Gasteiger partial charge in [-0.2, -0.15) is 0 Å². The van der Waals surface area contributed by atoms with E-state index in [9.17, 15) is 4.21 Å². The fraction of sp³-hybridized carbons (Fsp3) is 0.571. The molecule has 0 spiro atoms. The van der Waals surface area contributed by atoms with E-state index in [1.54, 1.807) is 6.26 Å². The Bertz CT molecular complexity index is 369. The summed E-state index contributed by atoms with van der Waals surface area (Å²) in [7, 11) is -0.681. The van der Waals surface area contributed by atoms with Crippen molar-refractivity contribution in [3.63, 3.8) is 0 Å². The zero-order chi connectivity index (χ0) is 13.2. The maximum absolute atomic E-state index is 10.9. The molecule has 0 aliphatic heterocycles. The molecule has 0 heterocycles. The van der Waals surface area contributed by atoms with Crippen LogP contribution in [0.2, 0.25) is 0 Å². The molecule has 1 unspecified atom stereocenters. The van der Waals surface area contributed by atoms with E-state index in [1.165, 1.54) is 5.56 Å². The molecule has 102 valence electrons. The zero-order valence-electron chi connectivity index (χ0n) is 11.3. The number of hydrogen-bond acceptors (Lipinski definition) is 3. The molecule has 1 aromatic rings. The summed E-state index contributed by atoms with van der Waals surface area (Å²) in [5.74, 6) is 1.71. The second-order valence-corrected chi connectivity index (χ2v) is 5.86. The molecule has 18 heavy (non-hydrogen) atoms. The molecule has 1 rings (SSSR count). The van der Waals surface area contributed by atoms with Crippen LogP contribution >= 0.6 is 0 Å². The van der Waals surface area contributed by atoms with Crippen LogP contribution in [0.3, 0.4) is 0 Å². The smallest absolute Gasteiger partial charge is 0.119 e. The van der Waals surface area contributed by atoms with E-state index in [2.05, 4.69) is 24.4 Å². The van der Waals surface area contributed by atoms with Crippen molar-refractivity contribution in [1.29, 1.82) is 0 Å². The Morgan fingerprint density at radius 3 is 2.94 bits per heavy atom. The Kier molecular flexibility index (Phi) is 7.69. The maximum Gasteiger partial charge on any atom is 0.119 e. The van der Waals surface area contributed by atoms with Gasteiger partial charge >= 0.3 is 0 Å². The van der Waals surface area contributed by atoms with Gasteiger partial charge in [-0.25, -0.2) is 0 Å². The van der Waals surface area contributed by atoms with Gasteiger partial charge in [0, 0.05) is 29.4 Å². The van der Waals surface area contributed by atoms with Crippen molar-refractivity contribution in [1.82, 2.24) is 5.32 Å². The second-order valence-electron chi connectivity index (χ2n) is 4.30. The van der Waals surface area contributed by atoms with Crippen LogP contribution in [0.5, 0.6) is 5.75 Å². The van der Waals surface area contributed by atoms with Gasteiger partial charge in [-0.3, -0.25) is 4.21 Å². The molecule has 1 atom stereocenters. The number of nitrogens with one attached hydrogen (secondary N) is 1. The normalized spacial score (nSPS) is 12.3. The van der Waals surface area contributed by atoms with E-state index >= 15 is 0 Å². The van der Waals surface area contributed by atoms with Crippen molar-refractivity contribution in [2.24, 2.45) is 0 Å². The first-order valence-corrected chi connectivity index (χ1v) is 8.17. The van der Waals surface area contributed by atoms with Gasteiger partial charge in [0.15, 0.2) is 0 Å². The summed E-state index contributed by atoms with van der Waals surface area (Å²) >= 11 is 0. The fourth-order valence-electron chi connectivity index (χ4n) is 1.60. The third kappa shape index (κ3) is 6.77. The van der Waals surface area contributed by atoms with E-state index in [4.69, 9.17) is 4.74 Å². The van der Waals surface area contributed by atoms with Crippen molar-refractivity contribution >= 4 is 10.8 Å². The van der Waals surface area contributed by atoms with E-state index in [0.717, 1.165) is 44.0 Å². The van der Waals surface area contributed by atoms with Crippen LogP contribution in [0.4, 0.5) is 0 Å². The number of benzene rings is 1. The average molecular weight is 269 g/mol. The molecule has 3 nitrogen and oxygen atoms in total. The third-order valence-electron chi connectivity index (χ3n) is 2.49. The van der Waals surface area contributed by atoms with Crippen molar-refractivity contribution < 1.29 is 8.95 Å². The molecule has 0 aliphatic carbocycles. The lowest BCUT2D eigenvalue weighted by Gasteiger charge is -2.08. The summed E-state index contributed by atoms with van der Waals surface area (Å²) in [5, 5.41) is 3.35. The lowest BCUT2D eigenvalue weighted by Crippen LogP contribution is -2.16. The Labute approximate surface area is 112 Å². The van der Waals surface area contributed by atoms with Gasteiger partial charge in [0.1, 0.15) is 5.75 Å². The van der Waals surface area contributed by atoms with Gasteiger partial charge in [0.2, 0.25) is 0 Å². The molecule has 4 heteroatoms. The quantitative estimate of drug-likeness (QED) is 0.699. The summed E-state index contributed by atoms with van der Waals surface area (Å²) in [6.07, 6.45) is 3.72. The topological polar surface area (TPSA) is 38.3 Å². The highest BCUT2D eigenvalue weighted by atomic mass is 32.2. The molecule has 0 aromatic heterocycles. The first kappa shape index (κ1) is 15.2. The SMILES string of the molecule is CCCOc1cccc(CNCCCS(C)=O)c1. The summed E-state index contributed by atoms with van der Waals surface area (Å²) in [4.78, 5) is 0. The Hall–Kier alpha value is -0.870. The van der Waals surface area contributed by atoms with E-state index in [-0.39, 0.29) is 0 Å². The van der Waals surface area contributed by atoms with Gasteiger partial charge in [0.25, 0.3) is 0 Å². The Balaban J connectivity index is 2.26. The summed E-state index contributed by atoms with van der Waals surface area (Å²) in [6.45, 7) is 4.60. The predicted molar refractivity (Wildman–Crippen MR) is 77.5 cm³/mol. The molecular weight excluding hydrogens is 246 g/mol. The molecule has 0 aliphatic rings. The third-order valence-corrected chi connectivity index (χ3v) is 3.35. The van der Waals surface area contributed by atoms with Crippen LogP contribution in [0.1, 0.15) is 25.3 Å². The number of hydrogen-bond donors (Lipinski definition) is 1. The van der Waals surface area contributed by atoms with Crippen LogP contribution in [-0.4, -0.2) is 29.4 Å². The van der Waals surface area contributed by atoms with Crippen molar-refractivity contribution in [2.45, 2.75) is 26.3 Å². The second kappa shape index (κ2) is 9.11. The van der Waals surface area contributed by atoms with Gasteiger partial charge in [-0.15, -0.1) is 0 Å².